The van der Waals surface area contributed by atoms with E-state index >= 15 is 0 Å². The summed E-state index contributed by atoms with van der Waals surface area (Å²) < 4.78 is 0. The molecule has 0 saturated carbocycles. The van der Waals surface area contributed by atoms with Crippen molar-refractivity contribution in [2.24, 2.45) is 4.99 Å². The number of unbranched alkanes of at least 4 members (excludes halogenated alkanes) is 6. The predicted octanol–water partition coefficient (Wildman–Crippen LogP) is 3.31. The van der Waals surface area contributed by atoms with E-state index in [4.69, 9.17) is 0 Å². The van der Waals surface area contributed by atoms with Gasteiger partial charge in [0.25, 0.3) is 0 Å². The van der Waals surface area contributed by atoms with Crippen molar-refractivity contribution in [1.29, 1.82) is 0 Å². The highest BCUT2D eigenvalue weighted by Gasteiger charge is 1.96. The molecule has 0 aromatic rings. The van der Waals surface area contributed by atoms with Crippen LogP contribution in [0.1, 0.15) is 65.2 Å². The largest absolute Gasteiger partial charge is 0.356 e. The van der Waals surface area contributed by atoms with Gasteiger partial charge in [-0.3, -0.25) is 4.99 Å². The van der Waals surface area contributed by atoms with E-state index in [2.05, 4.69) is 29.5 Å². The first kappa shape index (κ1) is 16.3. The smallest absolute Gasteiger partial charge is 0.190 e. The molecule has 0 fully saturated rings. The lowest BCUT2D eigenvalue weighted by atomic mass is 10.2. The molecule has 0 spiro atoms. The summed E-state index contributed by atoms with van der Waals surface area (Å²) in [7, 11) is 1.84. The summed E-state index contributed by atoms with van der Waals surface area (Å²) in [5.41, 5.74) is 0. The highest BCUT2D eigenvalue weighted by molar-refractivity contribution is 5.79. The standard InChI is InChI=1S/C14H31N3/c1-4-6-8-10-12-16-14(15-3)17-13-11-9-7-5-2/h4-13H2,1-3H3,(H2,15,16,17). The molecule has 0 unspecified atom stereocenters. The van der Waals surface area contributed by atoms with E-state index in [1.165, 1.54) is 51.4 Å². The molecule has 0 aromatic heterocycles. The number of aliphatic imine (C=N–C) groups is 1. The third-order valence-corrected chi connectivity index (χ3v) is 2.87. The maximum absolute atomic E-state index is 4.22. The van der Waals surface area contributed by atoms with Crippen LogP contribution in [0.4, 0.5) is 0 Å². The lowest BCUT2D eigenvalue weighted by Crippen LogP contribution is -2.38. The van der Waals surface area contributed by atoms with Crippen LogP contribution in [0.3, 0.4) is 0 Å². The first-order valence-corrected chi connectivity index (χ1v) is 7.29. The van der Waals surface area contributed by atoms with Crippen LogP contribution in [0.15, 0.2) is 4.99 Å². The Balaban J connectivity index is 3.37. The van der Waals surface area contributed by atoms with Gasteiger partial charge in [0.05, 0.1) is 0 Å². The number of guanidine groups is 1. The van der Waals surface area contributed by atoms with Crippen molar-refractivity contribution in [2.45, 2.75) is 65.2 Å². The van der Waals surface area contributed by atoms with Crippen LogP contribution >= 0.6 is 0 Å². The van der Waals surface area contributed by atoms with Crippen molar-refractivity contribution in [3.63, 3.8) is 0 Å². The Bertz CT molecular complexity index is 162. The van der Waals surface area contributed by atoms with Crippen LogP contribution in [0.25, 0.3) is 0 Å². The van der Waals surface area contributed by atoms with Crippen LogP contribution < -0.4 is 10.6 Å². The van der Waals surface area contributed by atoms with Crippen LogP contribution in [-0.2, 0) is 0 Å². The molecule has 17 heavy (non-hydrogen) atoms. The second-order valence-corrected chi connectivity index (χ2v) is 4.55. The first-order valence-electron chi connectivity index (χ1n) is 7.29. The van der Waals surface area contributed by atoms with Gasteiger partial charge in [-0.25, -0.2) is 0 Å². The maximum Gasteiger partial charge on any atom is 0.190 e. The second kappa shape index (κ2) is 13.3. The number of nitrogens with one attached hydrogen (secondary N) is 2. The molecule has 2 N–H and O–H groups in total. The van der Waals surface area contributed by atoms with Crippen molar-refractivity contribution in [3.8, 4) is 0 Å². The zero-order valence-electron chi connectivity index (χ0n) is 12.0. The number of nitrogens with zero attached hydrogens (tertiary/aromatic N) is 1. The van der Waals surface area contributed by atoms with Crippen LogP contribution in [-0.4, -0.2) is 26.1 Å². The molecule has 3 heteroatoms. The van der Waals surface area contributed by atoms with Crippen molar-refractivity contribution in [3.05, 3.63) is 0 Å². The van der Waals surface area contributed by atoms with E-state index in [1.807, 2.05) is 7.05 Å². The Kier molecular flexibility index (Phi) is 12.8. The van der Waals surface area contributed by atoms with Gasteiger partial charge in [-0.15, -0.1) is 0 Å². The molecule has 0 saturated heterocycles. The van der Waals surface area contributed by atoms with Crippen molar-refractivity contribution >= 4 is 5.96 Å². The Morgan fingerprint density at radius 1 is 0.765 bits per heavy atom. The second-order valence-electron chi connectivity index (χ2n) is 4.55. The van der Waals surface area contributed by atoms with Gasteiger partial charge in [0.15, 0.2) is 5.96 Å². The van der Waals surface area contributed by atoms with Gasteiger partial charge in [-0.05, 0) is 12.8 Å². The summed E-state index contributed by atoms with van der Waals surface area (Å²) in [4.78, 5) is 4.22. The molecule has 0 aliphatic carbocycles. The van der Waals surface area contributed by atoms with Crippen LogP contribution in [0, 0.1) is 0 Å². The molecule has 102 valence electrons. The Morgan fingerprint density at radius 3 is 1.59 bits per heavy atom. The number of hydrogen-bond acceptors (Lipinski definition) is 1. The molecule has 0 aliphatic rings. The third-order valence-electron chi connectivity index (χ3n) is 2.87. The molecular weight excluding hydrogens is 210 g/mol. The minimum Gasteiger partial charge on any atom is -0.356 e. The summed E-state index contributed by atoms with van der Waals surface area (Å²) in [6.07, 6.45) is 10.4. The molecule has 0 heterocycles. The molecular formula is C14H31N3. The van der Waals surface area contributed by atoms with Gasteiger partial charge in [-0.2, -0.15) is 0 Å². The lowest BCUT2D eigenvalue weighted by molar-refractivity contribution is 0.631. The van der Waals surface area contributed by atoms with Crippen molar-refractivity contribution in [2.75, 3.05) is 20.1 Å². The van der Waals surface area contributed by atoms with Crippen LogP contribution in [0.5, 0.6) is 0 Å². The fourth-order valence-electron chi connectivity index (χ4n) is 1.74. The Labute approximate surface area is 107 Å². The topological polar surface area (TPSA) is 36.4 Å². The Morgan fingerprint density at radius 2 is 1.24 bits per heavy atom. The van der Waals surface area contributed by atoms with Gasteiger partial charge in [0.1, 0.15) is 0 Å². The first-order chi connectivity index (χ1) is 8.35. The predicted molar refractivity (Wildman–Crippen MR) is 77.6 cm³/mol. The van der Waals surface area contributed by atoms with Gasteiger partial charge in [0, 0.05) is 20.1 Å². The average Bonchev–Trinajstić information content (AvgIpc) is 2.36. The summed E-state index contributed by atoms with van der Waals surface area (Å²) in [5, 5.41) is 6.72. The van der Waals surface area contributed by atoms with Gasteiger partial charge in [0.2, 0.25) is 0 Å². The molecule has 0 bridgehead atoms. The lowest BCUT2D eigenvalue weighted by Gasteiger charge is -2.11. The summed E-state index contributed by atoms with van der Waals surface area (Å²) in [6.45, 7) is 6.55. The zero-order chi connectivity index (χ0) is 12.8. The minimum absolute atomic E-state index is 0.956. The van der Waals surface area contributed by atoms with E-state index in [-0.39, 0.29) is 0 Å². The van der Waals surface area contributed by atoms with E-state index in [1.54, 1.807) is 0 Å². The summed E-state index contributed by atoms with van der Waals surface area (Å²) in [6, 6.07) is 0. The highest BCUT2D eigenvalue weighted by Crippen LogP contribution is 1.98. The van der Waals surface area contributed by atoms with Crippen molar-refractivity contribution in [1.82, 2.24) is 10.6 Å². The number of hydrogen-bond donors (Lipinski definition) is 2. The van der Waals surface area contributed by atoms with Crippen molar-refractivity contribution < 1.29 is 0 Å². The third kappa shape index (κ3) is 11.5. The minimum atomic E-state index is 0.956. The average molecular weight is 241 g/mol. The molecule has 0 aromatic carbocycles. The van der Waals surface area contributed by atoms with E-state index in [0.717, 1.165) is 19.0 Å². The monoisotopic (exact) mass is 241 g/mol. The highest BCUT2D eigenvalue weighted by atomic mass is 15.2. The fraction of sp³-hybridized carbons (Fsp3) is 0.929. The molecule has 0 rings (SSSR count). The van der Waals surface area contributed by atoms with Gasteiger partial charge in [-0.1, -0.05) is 52.4 Å². The van der Waals surface area contributed by atoms with E-state index in [9.17, 15) is 0 Å². The molecule has 0 aliphatic heterocycles. The fourth-order valence-corrected chi connectivity index (χ4v) is 1.74. The SMILES string of the molecule is CCCCCCNC(=NC)NCCCCCC. The summed E-state index contributed by atoms with van der Waals surface area (Å²) in [5.74, 6) is 0.956. The summed E-state index contributed by atoms with van der Waals surface area (Å²) >= 11 is 0. The normalized spacial score (nSPS) is 10.1. The molecule has 0 atom stereocenters. The number of rotatable bonds is 10. The molecule has 3 nitrogen and oxygen atoms in total. The quantitative estimate of drug-likeness (QED) is 0.350. The maximum atomic E-state index is 4.22. The van der Waals surface area contributed by atoms with Crippen LogP contribution in [0.2, 0.25) is 0 Å². The van der Waals surface area contributed by atoms with Gasteiger partial charge < -0.3 is 10.6 Å². The van der Waals surface area contributed by atoms with E-state index < -0.39 is 0 Å². The van der Waals surface area contributed by atoms with Gasteiger partial charge >= 0.3 is 0 Å². The molecule has 0 radical (unpaired) electrons. The molecule has 0 amide bonds. The zero-order valence-corrected chi connectivity index (χ0v) is 12.0. The van der Waals surface area contributed by atoms with E-state index in [0.29, 0.717) is 0 Å². The Hall–Kier alpha value is -0.730.